The zero-order valence-corrected chi connectivity index (χ0v) is 16.8. The van der Waals surface area contributed by atoms with Crippen LogP contribution in [0, 0.1) is 5.41 Å². The van der Waals surface area contributed by atoms with Crippen molar-refractivity contribution in [2.24, 2.45) is 10.4 Å². The van der Waals surface area contributed by atoms with Gasteiger partial charge in [-0.15, -0.1) is 0 Å². The number of fused-ring (bicyclic) bond motifs is 1. The van der Waals surface area contributed by atoms with Gasteiger partial charge in [-0.1, -0.05) is 51.8 Å². The Labute approximate surface area is 162 Å². The van der Waals surface area contributed by atoms with E-state index >= 15 is 0 Å². The molecule has 1 saturated heterocycles. The molecule has 2 N–H and O–H groups in total. The van der Waals surface area contributed by atoms with Crippen molar-refractivity contribution in [1.82, 2.24) is 10.2 Å². The van der Waals surface area contributed by atoms with E-state index < -0.39 is 0 Å². The topological polar surface area (TPSA) is 56.7 Å². The molecule has 0 unspecified atom stereocenters. The number of hydrogen-bond acceptors (Lipinski definition) is 3. The summed E-state index contributed by atoms with van der Waals surface area (Å²) in [6.45, 7) is 8.28. The normalized spacial score (nSPS) is 27.7. The van der Waals surface area contributed by atoms with Crippen molar-refractivity contribution >= 4 is 17.4 Å². The Morgan fingerprint density at radius 1 is 1.22 bits per heavy atom. The molecule has 27 heavy (non-hydrogen) atoms. The second-order valence-corrected chi connectivity index (χ2v) is 9.36. The summed E-state index contributed by atoms with van der Waals surface area (Å²) in [5.74, 6) is 1.26. The number of anilines is 1. The molecule has 0 radical (unpaired) electrons. The highest BCUT2D eigenvalue weighted by atomic mass is 16.2. The Bertz CT molecular complexity index is 745. The molecule has 146 valence electrons. The number of nitrogens with zero attached hydrogens (tertiary/aromatic N) is 2. The summed E-state index contributed by atoms with van der Waals surface area (Å²) in [5, 5.41) is 7.45. The van der Waals surface area contributed by atoms with Crippen molar-refractivity contribution in [3.8, 4) is 0 Å². The summed E-state index contributed by atoms with van der Waals surface area (Å²) < 4.78 is 0. The molecule has 2 fully saturated rings. The van der Waals surface area contributed by atoms with Crippen LogP contribution in [0.5, 0.6) is 0 Å². The number of likely N-dealkylation sites (tertiary alicyclic amines) is 1. The monoisotopic (exact) mass is 368 g/mol. The standard InChI is InChI=1S/C22H32N4O/c1-21(2,3)20(27)26-13-12-22(15-26)19(24-17-9-5-6-10-17)25-18-11-7-4-8-16(18)14-23-22/h4,7-8,11,17,23H,5-6,9-10,12-15H2,1-3H3,(H,24,25)/t22-/m0/s1. The SMILES string of the molecule is CC(C)(C)C(=O)N1CC[C@@]2(C1)NCc1ccccc1NC2=NC1CCCC1. The van der Waals surface area contributed by atoms with Crippen LogP contribution < -0.4 is 10.6 Å². The van der Waals surface area contributed by atoms with Gasteiger partial charge in [-0.25, -0.2) is 0 Å². The van der Waals surface area contributed by atoms with E-state index in [-0.39, 0.29) is 16.9 Å². The van der Waals surface area contributed by atoms with E-state index in [0.717, 1.165) is 31.0 Å². The minimum absolute atomic E-state index is 0.225. The van der Waals surface area contributed by atoms with Crippen molar-refractivity contribution in [2.45, 2.75) is 71.0 Å². The summed E-state index contributed by atoms with van der Waals surface area (Å²) in [7, 11) is 0. The lowest BCUT2D eigenvalue weighted by molar-refractivity contribution is -0.138. The maximum atomic E-state index is 12.9. The van der Waals surface area contributed by atoms with E-state index in [1.165, 1.54) is 31.2 Å². The Morgan fingerprint density at radius 3 is 2.70 bits per heavy atom. The first-order valence-electron chi connectivity index (χ1n) is 10.4. The number of carbonyl (C=O) groups excluding carboxylic acids is 1. The van der Waals surface area contributed by atoms with Gasteiger partial charge in [-0.3, -0.25) is 15.1 Å². The Morgan fingerprint density at radius 2 is 1.96 bits per heavy atom. The van der Waals surface area contributed by atoms with Gasteiger partial charge in [0.15, 0.2) is 0 Å². The fraction of sp³-hybridized carbons (Fsp3) is 0.636. The molecule has 1 aliphatic carbocycles. The third-order valence-corrected chi connectivity index (χ3v) is 6.18. The third-order valence-electron chi connectivity index (χ3n) is 6.18. The number of amides is 1. The fourth-order valence-corrected chi connectivity index (χ4v) is 4.56. The molecule has 1 spiro atoms. The summed E-state index contributed by atoms with van der Waals surface area (Å²) in [6.07, 6.45) is 5.79. The van der Waals surface area contributed by atoms with E-state index in [2.05, 4.69) is 34.9 Å². The predicted octanol–water partition coefficient (Wildman–Crippen LogP) is 3.56. The summed E-state index contributed by atoms with van der Waals surface area (Å²) in [4.78, 5) is 20.1. The van der Waals surface area contributed by atoms with Gasteiger partial charge >= 0.3 is 0 Å². The highest BCUT2D eigenvalue weighted by molar-refractivity contribution is 6.04. The number of nitrogens with one attached hydrogen (secondary N) is 2. The highest BCUT2D eigenvalue weighted by Gasteiger charge is 2.47. The molecule has 0 aromatic heterocycles. The second kappa shape index (κ2) is 6.93. The number of para-hydroxylation sites is 1. The second-order valence-electron chi connectivity index (χ2n) is 9.36. The zero-order valence-electron chi connectivity index (χ0n) is 16.8. The summed E-state index contributed by atoms with van der Waals surface area (Å²) in [5.41, 5.74) is 1.77. The van der Waals surface area contributed by atoms with Crippen LogP contribution in [0.15, 0.2) is 29.3 Å². The lowest BCUT2D eigenvalue weighted by atomic mass is 9.94. The Hall–Kier alpha value is -1.88. The summed E-state index contributed by atoms with van der Waals surface area (Å²) >= 11 is 0. The lowest BCUT2D eigenvalue weighted by Crippen LogP contribution is -2.56. The average molecular weight is 369 g/mol. The molecule has 5 heteroatoms. The molecule has 1 saturated carbocycles. The lowest BCUT2D eigenvalue weighted by Gasteiger charge is -2.32. The first-order valence-corrected chi connectivity index (χ1v) is 10.4. The first kappa shape index (κ1) is 18.5. The number of aliphatic imine (C=N–C) groups is 1. The number of carbonyl (C=O) groups is 1. The fourth-order valence-electron chi connectivity index (χ4n) is 4.56. The van der Waals surface area contributed by atoms with E-state index in [0.29, 0.717) is 12.6 Å². The maximum absolute atomic E-state index is 12.9. The van der Waals surface area contributed by atoms with Gasteiger partial charge < -0.3 is 10.2 Å². The molecular weight excluding hydrogens is 336 g/mol. The first-order chi connectivity index (χ1) is 12.9. The van der Waals surface area contributed by atoms with Crippen LogP contribution in [0.3, 0.4) is 0 Å². The van der Waals surface area contributed by atoms with Crippen LogP contribution in [0.25, 0.3) is 0 Å². The molecule has 0 bridgehead atoms. The predicted molar refractivity (Wildman–Crippen MR) is 110 cm³/mol. The van der Waals surface area contributed by atoms with E-state index in [1.54, 1.807) is 0 Å². The van der Waals surface area contributed by atoms with Crippen molar-refractivity contribution in [3.63, 3.8) is 0 Å². The molecular formula is C22H32N4O. The van der Waals surface area contributed by atoms with Crippen LogP contribution >= 0.6 is 0 Å². The molecule has 1 aromatic rings. The van der Waals surface area contributed by atoms with E-state index in [9.17, 15) is 4.79 Å². The molecule has 5 nitrogen and oxygen atoms in total. The van der Waals surface area contributed by atoms with Crippen molar-refractivity contribution in [3.05, 3.63) is 29.8 Å². The average Bonchev–Trinajstić information content (AvgIpc) is 3.26. The van der Waals surface area contributed by atoms with Crippen LogP contribution in [0.4, 0.5) is 5.69 Å². The third kappa shape index (κ3) is 3.62. The van der Waals surface area contributed by atoms with Crippen LogP contribution in [-0.2, 0) is 11.3 Å². The smallest absolute Gasteiger partial charge is 0.228 e. The maximum Gasteiger partial charge on any atom is 0.228 e. The number of rotatable bonds is 1. The molecule has 2 aliphatic heterocycles. The van der Waals surface area contributed by atoms with Gasteiger partial charge in [0, 0.05) is 30.7 Å². The Balaban J connectivity index is 1.66. The largest absolute Gasteiger partial charge is 0.342 e. The van der Waals surface area contributed by atoms with Crippen LogP contribution in [0.1, 0.15) is 58.4 Å². The van der Waals surface area contributed by atoms with E-state index in [4.69, 9.17) is 4.99 Å². The van der Waals surface area contributed by atoms with Crippen LogP contribution in [-0.4, -0.2) is 41.3 Å². The van der Waals surface area contributed by atoms with Gasteiger partial charge in [-0.05, 0) is 30.9 Å². The minimum atomic E-state index is -0.352. The molecule has 4 rings (SSSR count). The molecule has 1 amide bonds. The van der Waals surface area contributed by atoms with E-state index in [1.807, 2.05) is 25.7 Å². The highest BCUT2D eigenvalue weighted by Crippen LogP contribution is 2.33. The number of benzene rings is 1. The molecule has 2 heterocycles. The Kier molecular flexibility index (Phi) is 4.75. The van der Waals surface area contributed by atoms with Crippen molar-refractivity contribution < 1.29 is 4.79 Å². The summed E-state index contributed by atoms with van der Waals surface area (Å²) in [6, 6.07) is 8.85. The van der Waals surface area contributed by atoms with Gasteiger partial charge in [0.1, 0.15) is 5.84 Å². The van der Waals surface area contributed by atoms with Crippen molar-refractivity contribution in [1.29, 1.82) is 0 Å². The zero-order chi connectivity index (χ0) is 19.1. The van der Waals surface area contributed by atoms with Crippen molar-refractivity contribution in [2.75, 3.05) is 18.4 Å². The van der Waals surface area contributed by atoms with Gasteiger partial charge in [0.25, 0.3) is 0 Å². The number of amidine groups is 1. The molecule has 3 aliphatic rings. The minimum Gasteiger partial charge on any atom is -0.342 e. The van der Waals surface area contributed by atoms with Crippen LogP contribution in [0.2, 0.25) is 0 Å². The van der Waals surface area contributed by atoms with Gasteiger partial charge in [0.2, 0.25) is 5.91 Å². The molecule has 1 aromatic carbocycles. The molecule has 1 atom stereocenters. The number of hydrogen-bond donors (Lipinski definition) is 2. The quantitative estimate of drug-likeness (QED) is 0.797. The van der Waals surface area contributed by atoms with Gasteiger partial charge in [-0.2, -0.15) is 0 Å². The van der Waals surface area contributed by atoms with Gasteiger partial charge in [0.05, 0.1) is 11.6 Å².